The van der Waals surface area contributed by atoms with Crippen molar-refractivity contribution in [1.82, 2.24) is 33.9 Å². The number of morpholine rings is 1. The molecule has 2 aliphatic carbocycles. The molecule has 7 rings (SSSR count). The van der Waals surface area contributed by atoms with Crippen molar-refractivity contribution in [2.24, 2.45) is 7.05 Å². The van der Waals surface area contributed by atoms with Crippen LogP contribution in [0.15, 0.2) is 17.8 Å². The van der Waals surface area contributed by atoms with Crippen LogP contribution >= 0.6 is 11.3 Å². The monoisotopic (exact) mass is 534 g/mol. The van der Waals surface area contributed by atoms with Crippen LogP contribution < -0.4 is 5.32 Å². The number of amides is 2. The molecular weight excluding hydrogens is 504 g/mol. The SMILES string of the molecule is CCn1c(C(=O)N(C2CC2)C2CC2)cc2c3c(ncn3C)c(Nc3nc(C(=O)N4CCOCC4)cs3)nc21. The van der Waals surface area contributed by atoms with Crippen molar-refractivity contribution in [2.75, 3.05) is 31.6 Å². The van der Waals surface area contributed by atoms with E-state index >= 15 is 0 Å². The largest absolute Gasteiger partial charge is 0.378 e. The Kier molecular flexibility index (Phi) is 5.62. The minimum absolute atomic E-state index is 0.0945. The van der Waals surface area contributed by atoms with Crippen molar-refractivity contribution in [3.8, 4) is 0 Å². The predicted molar refractivity (Wildman–Crippen MR) is 144 cm³/mol. The molecule has 12 heteroatoms. The third kappa shape index (κ3) is 3.93. The molecular formula is C26H30N8O3S. The average molecular weight is 535 g/mol. The fourth-order valence-electron chi connectivity index (χ4n) is 5.42. The first kappa shape index (κ1) is 23.6. The smallest absolute Gasteiger partial charge is 0.273 e. The molecule has 3 aliphatic rings. The summed E-state index contributed by atoms with van der Waals surface area (Å²) in [6, 6.07) is 2.74. The van der Waals surface area contributed by atoms with Crippen LogP contribution in [-0.4, -0.2) is 84.1 Å². The van der Waals surface area contributed by atoms with E-state index in [0.29, 0.717) is 72.8 Å². The van der Waals surface area contributed by atoms with Crippen LogP contribution in [0.3, 0.4) is 0 Å². The first-order chi connectivity index (χ1) is 18.5. The standard InChI is InChI=1S/C26H30N8O3S/c1-3-33-19(25(36)34(15-4-5-15)16-6-7-16)12-17-21-20(27-14-31(21)2)22(29-23(17)33)30-26-28-18(13-38-26)24(35)32-8-10-37-11-9-32/h12-16H,3-11H2,1-2H3,(H,28,29,30). The molecule has 0 spiro atoms. The minimum atomic E-state index is -0.0945. The molecule has 0 unspecified atom stereocenters. The molecule has 4 aromatic rings. The number of aromatic nitrogens is 5. The first-order valence-electron chi connectivity index (χ1n) is 13.3. The van der Waals surface area contributed by atoms with Gasteiger partial charge in [0.05, 0.1) is 25.1 Å². The predicted octanol–water partition coefficient (Wildman–Crippen LogP) is 3.38. The van der Waals surface area contributed by atoms with Crippen molar-refractivity contribution >= 4 is 56.2 Å². The maximum atomic E-state index is 13.8. The van der Waals surface area contributed by atoms with Gasteiger partial charge in [0.2, 0.25) is 0 Å². The second-order valence-electron chi connectivity index (χ2n) is 10.3. The van der Waals surface area contributed by atoms with Gasteiger partial charge in [-0.3, -0.25) is 9.59 Å². The van der Waals surface area contributed by atoms with Crippen LogP contribution in [-0.2, 0) is 18.3 Å². The van der Waals surface area contributed by atoms with Gasteiger partial charge in [0.25, 0.3) is 11.8 Å². The van der Waals surface area contributed by atoms with E-state index in [2.05, 4.69) is 20.2 Å². The summed E-state index contributed by atoms with van der Waals surface area (Å²) in [7, 11) is 1.95. The summed E-state index contributed by atoms with van der Waals surface area (Å²) in [5, 5.41) is 6.56. The van der Waals surface area contributed by atoms with Crippen LogP contribution in [0.4, 0.5) is 10.9 Å². The summed E-state index contributed by atoms with van der Waals surface area (Å²) < 4.78 is 9.34. The Morgan fingerprint density at radius 3 is 2.58 bits per heavy atom. The summed E-state index contributed by atoms with van der Waals surface area (Å²) >= 11 is 1.36. The number of ether oxygens (including phenoxy) is 1. The molecule has 0 aromatic carbocycles. The van der Waals surface area contributed by atoms with Gasteiger partial charge in [-0.1, -0.05) is 0 Å². The van der Waals surface area contributed by atoms with Crippen molar-refractivity contribution in [2.45, 2.75) is 51.2 Å². The number of nitrogens with zero attached hydrogens (tertiary/aromatic N) is 7. The van der Waals surface area contributed by atoms with Crippen LogP contribution in [0.25, 0.3) is 22.1 Å². The third-order valence-corrected chi connectivity index (χ3v) is 8.36. The lowest BCUT2D eigenvalue weighted by Crippen LogP contribution is -2.40. The highest BCUT2D eigenvalue weighted by atomic mass is 32.1. The maximum Gasteiger partial charge on any atom is 0.273 e. The Morgan fingerprint density at radius 2 is 1.89 bits per heavy atom. The highest BCUT2D eigenvalue weighted by Gasteiger charge is 2.43. The Morgan fingerprint density at radius 1 is 1.16 bits per heavy atom. The van der Waals surface area contributed by atoms with E-state index in [1.165, 1.54) is 11.3 Å². The number of imidazole rings is 1. The Balaban J connectivity index is 1.26. The summed E-state index contributed by atoms with van der Waals surface area (Å²) in [6.45, 7) is 4.90. The number of fused-ring (bicyclic) bond motifs is 3. The van der Waals surface area contributed by atoms with Crippen molar-refractivity contribution in [3.63, 3.8) is 0 Å². The molecule has 5 heterocycles. The number of aryl methyl sites for hydroxylation is 2. The maximum absolute atomic E-state index is 13.8. The Hall–Kier alpha value is -3.51. The van der Waals surface area contributed by atoms with Gasteiger partial charge in [0.15, 0.2) is 10.9 Å². The van der Waals surface area contributed by atoms with Gasteiger partial charge >= 0.3 is 0 Å². The molecule has 1 aliphatic heterocycles. The summed E-state index contributed by atoms with van der Waals surface area (Å²) in [6.07, 6.45) is 6.14. The molecule has 4 aromatic heterocycles. The quantitative estimate of drug-likeness (QED) is 0.387. The Bertz CT molecular complexity index is 1550. The van der Waals surface area contributed by atoms with E-state index < -0.39 is 0 Å². The van der Waals surface area contributed by atoms with Crippen molar-refractivity contribution < 1.29 is 14.3 Å². The number of carbonyl (C=O) groups excluding carboxylic acids is 2. The lowest BCUT2D eigenvalue weighted by Gasteiger charge is -2.25. The van der Waals surface area contributed by atoms with Gasteiger partial charge in [-0.05, 0) is 38.7 Å². The summed E-state index contributed by atoms with van der Waals surface area (Å²) in [5.41, 5.74) is 3.43. The fourth-order valence-corrected chi connectivity index (χ4v) is 6.11. The van der Waals surface area contributed by atoms with Gasteiger partial charge in [-0.2, -0.15) is 0 Å². The normalized spacial score (nSPS) is 17.9. The van der Waals surface area contributed by atoms with Crippen molar-refractivity contribution in [1.29, 1.82) is 0 Å². The summed E-state index contributed by atoms with van der Waals surface area (Å²) in [4.78, 5) is 44.7. The van der Waals surface area contributed by atoms with E-state index in [0.717, 1.165) is 42.2 Å². The number of anilines is 2. The fraction of sp³-hybridized carbons (Fsp3) is 0.500. The highest BCUT2D eigenvalue weighted by molar-refractivity contribution is 7.14. The lowest BCUT2D eigenvalue weighted by atomic mass is 10.2. The van der Waals surface area contributed by atoms with Gasteiger partial charge < -0.3 is 29.0 Å². The van der Waals surface area contributed by atoms with Gasteiger partial charge in [-0.25, -0.2) is 15.0 Å². The highest BCUT2D eigenvalue weighted by Crippen LogP contribution is 2.40. The number of hydrogen-bond acceptors (Lipinski definition) is 8. The molecule has 1 saturated heterocycles. The van der Waals surface area contributed by atoms with Gasteiger partial charge in [0.1, 0.15) is 22.6 Å². The zero-order chi connectivity index (χ0) is 26.0. The zero-order valence-corrected chi connectivity index (χ0v) is 22.3. The van der Waals surface area contributed by atoms with Crippen LogP contribution in [0, 0.1) is 0 Å². The Labute approximate surface area is 223 Å². The third-order valence-electron chi connectivity index (χ3n) is 7.60. The zero-order valence-electron chi connectivity index (χ0n) is 21.5. The molecule has 11 nitrogen and oxygen atoms in total. The van der Waals surface area contributed by atoms with Gasteiger partial charge in [-0.15, -0.1) is 11.3 Å². The van der Waals surface area contributed by atoms with Crippen molar-refractivity contribution in [3.05, 3.63) is 29.2 Å². The van der Waals surface area contributed by atoms with E-state index in [1.807, 2.05) is 29.2 Å². The second-order valence-corrected chi connectivity index (χ2v) is 11.1. The van der Waals surface area contributed by atoms with E-state index in [4.69, 9.17) is 9.72 Å². The van der Waals surface area contributed by atoms with E-state index in [1.54, 1.807) is 16.6 Å². The van der Waals surface area contributed by atoms with E-state index in [-0.39, 0.29) is 11.8 Å². The average Bonchev–Trinajstić information content (AvgIpc) is 3.83. The molecule has 0 radical (unpaired) electrons. The molecule has 3 fully saturated rings. The molecule has 0 atom stereocenters. The van der Waals surface area contributed by atoms with Crippen LogP contribution in [0.5, 0.6) is 0 Å². The molecule has 38 heavy (non-hydrogen) atoms. The minimum Gasteiger partial charge on any atom is -0.378 e. The second kappa shape index (κ2) is 9.05. The number of carbonyl (C=O) groups is 2. The molecule has 0 bridgehead atoms. The molecule has 2 amide bonds. The number of rotatable bonds is 7. The van der Waals surface area contributed by atoms with Crippen LogP contribution in [0.1, 0.15) is 53.6 Å². The molecule has 198 valence electrons. The number of hydrogen-bond donors (Lipinski definition) is 1. The number of nitrogens with one attached hydrogen (secondary N) is 1. The van der Waals surface area contributed by atoms with E-state index in [9.17, 15) is 9.59 Å². The lowest BCUT2D eigenvalue weighted by molar-refractivity contribution is 0.0299. The molecule has 1 N–H and O–H groups in total. The van der Waals surface area contributed by atoms with Gasteiger partial charge in [0, 0.05) is 49.5 Å². The van der Waals surface area contributed by atoms with Crippen LogP contribution in [0.2, 0.25) is 0 Å². The number of thiazole rings is 1. The number of pyridine rings is 1. The molecule has 2 saturated carbocycles. The first-order valence-corrected chi connectivity index (χ1v) is 14.2. The summed E-state index contributed by atoms with van der Waals surface area (Å²) in [5.74, 6) is 0.564. The topological polar surface area (TPSA) is 110 Å².